The maximum atomic E-state index is 12.0. The zero-order chi connectivity index (χ0) is 14.7. The smallest absolute Gasteiger partial charge is 0.328 e. The van der Waals surface area contributed by atoms with E-state index in [9.17, 15) is 4.79 Å². The Bertz CT molecular complexity index is 688. The van der Waals surface area contributed by atoms with Gasteiger partial charge in [-0.05, 0) is 24.6 Å². The summed E-state index contributed by atoms with van der Waals surface area (Å²) in [6.45, 7) is 3.07. The molecule has 0 saturated carbocycles. The summed E-state index contributed by atoms with van der Waals surface area (Å²) in [4.78, 5) is 12.3. The summed E-state index contributed by atoms with van der Waals surface area (Å²) in [6, 6.07) is 5.57. The Morgan fingerprint density at radius 3 is 2.60 bits per heavy atom. The Morgan fingerprint density at radius 2 is 2.05 bits per heavy atom. The normalized spacial score (nSPS) is 10.5. The molecule has 0 amide bonds. The van der Waals surface area contributed by atoms with Crippen LogP contribution in [0.1, 0.15) is 18.1 Å². The van der Waals surface area contributed by atoms with Gasteiger partial charge in [0, 0.05) is 18.9 Å². The molecule has 1 aromatic carbocycles. The molecule has 5 nitrogen and oxygen atoms in total. The summed E-state index contributed by atoms with van der Waals surface area (Å²) in [6.07, 6.45) is 3.55. The Kier molecular flexibility index (Phi) is 4.24. The standard InChI is InChI=1S/C14H17N3O2S/c1-3-16-6-7-17(14(16)18)9-10-4-5-12(19-2)11(8-10)13(15)20/h4-8H,3,9H2,1-2H3,(H2,15,20). The van der Waals surface area contributed by atoms with Gasteiger partial charge in [-0.15, -0.1) is 0 Å². The fourth-order valence-electron chi connectivity index (χ4n) is 2.06. The van der Waals surface area contributed by atoms with Crippen molar-refractivity contribution in [3.05, 3.63) is 52.2 Å². The molecule has 6 heteroatoms. The van der Waals surface area contributed by atoms with E-state index in [1.807, 2.05) is 25.1 Å². The van der Waals surface area contributed by atoms with Crippen molar-refractivity contribution in [2.45, 2.75) is 20.0 Å². The van der Waals surface area contributed by atoms with Gasteiger partial charge in [0.05, 0.1) is 19.2 Å². The molecule has 0 fully saturated rings. The molecule has 0 unspecified atom stereocenters. The van der Waals surface area contributed by atoms with E-state index < -0.39 is 0 Å². The number of aryl methyl sites for hydroxylation is 1. The van der Waals surface area contributed by atoms with Crippen molar-refractivity contribution >= 4 is 17.2 Å². The number of rotatable bonds is 5. The van der Waals surface area contributed by atoms with Gasteiger partial charge < -0.3 is 10.5 Å². The second-order valence-electron chi connectivity index (χ2n) is 4.39. The minimum Gasteiger partial charge on any atom is -0.496 e. The number of nitrogens with two attached hydrogens (primary N) is 1. The Balaban J connectivity index is 2.34. The SMILES string of the molecule is CCn1ccn(Cc2ccc(OC)c(C(N)=S)c2)c1=O. The number of hydrogen-bond donors (Lipinski definition) is 1. The van der Waals surface area contributed by atoms with Crippen LogP contribution in [0.15, 0.2) is 35.4 Å². The molecule has 20 heavy (non-hydrogen) atoms. The lowest BCUT2D eigenvalue weighted by Gasteiger charge is -2.09. The number of aromatic nitrogens is 2. The van der Waals surface area contributed by atoms with E-state index in [-0.39, 0.29) is 10.7 Å². The van der Waals surface area contributed by atoms with E-state index in [0.29, 0.717) is 24.4 Å². The lowest BCUT2D eigenvalue weighted by molar-refractivity contribution is 0.414. The number of benzene rings is 1. The summed E-state index contributed by atoms with van der Waals surface area (Å²) in [5.74, 6) is 0.639. The summed E-state index contributed by atoms with van der Waals surface area (Å²) in [5.41, 5.74) is 7.29. The van der Waals surface area contributed by atoms with Crippen LogP contribution in [-0.4, -0.2) is 21.2 Å². The maximum Gasteiger partial charge on any atom is 0.328 e. The summed E-state index contributed by atoms with van der Waals surface area (Å²) >= 11 is 5.01. The molecule has 2 rings (SSSR count). The van der Waals surface area contributed by atoms with Crippen molar-refractivity contribution in [1.82, 2.24) is 9.13 Å². The van der Waals surface area contributed by atoms with Gasteiger partial charge in [-0.2, -0.15) is 0 Å². The molecule has 0 aliphatic heterocycles. The third-order valence-corrected chi connectivity index (χ3v) is 3.36. The first-order chi connectivity index (χ1) is 9.56. The van der Waals surface area contributed by atoms with Gasteiger partial charge in [0.1, 0.15) is 10.7 Å². The highest BCUT2D eigenvalue weighted by Gasteiger charge is 2.08. The number of thiocarbonyl (C=S) groups is 1. The van der Waals surface area contributed by atoms with E-state index in [1.165, 1.54) is 0 Å². The van der Waals surface area contributed by atoms with Crippen LogP contribution in [0.3, 0.4) is 0 Å². The summed E-state index contributed by atoms with van der Waals surface area (Å²) in [7, 11) is 1.57. The highest BCUT2D eigenvalue weighted by Crippen LogP contribution is 2.20. The largest absolute Gasteiger partial charge is 0.496 e. The number of hydrogen-bond acceptors (Lipinski definition) is 3. The van der Waals surface area contributed by atoms with Crippen molar-refractivity contribution in [2.24, 2.45) is 5.73 Å². The monoisotopic (exact) mass is 291 g/mol. The van der Waals surface area contributed by atoms with E-state index in [4.69, 9.17) is 22.7 Å². The Morgan fingerprint density at radius 1 is 1.35 bits per heavy atom. The minimum absolute atomic E-state index is 0.0276. The Labute approximate surface area is 122 Å². The van der Waals surface area contributed by atoms with Crippen molar-refractivity contribution in [3.8, 4) is 5.75 Å². The van der Waals surface area contributed by atoms with Gasteiger partial charge in [0.25, 0.3) is 0 Å². The molecule has 0 spiro atoms. The van der Waals surface area contributed by atoms with E-state index >= 15 is 0 Å². The topological polar surface area (TPSA) is 62.2 Å². The first kappa shape index (κ1) is 14.3. The lowest BCUT2D eigenvalue weighted by atomic mass is 10.1. The lowest BCUT2D eigenvalue weighted by Crippen LogP contribution is -2.24. The molecule has 0 bridgehead atoms. The average molecular weight is 291 g/mol. The quantitative estimate of drug-likeness (QED) is 0.845. The molecule has 0 radical (unpaired) electrons. The van der Waals surface area contributed by atoms with Crippen molar-refractivity contribution in [1.29, 1.82) is 0 Å². The number of methoxy groups -OCH3 is 1. The number of ether oxygens (including phenoxy) is 1. The van der Waals surface area contributed by atoms with Crippen LogP contribution in [0.25, 0.3) is 0 Å². The summed E-state index contributed by atoms with van der Waals surface area (Å²) < 4.78 is 8.52. The number of nitrogens with zero attached hydrogens (tertiary/aromatic N) is 2. The van der Waals surface area contributed by atoms with Crippen LogP contribution in [0.2, 0.25) is 0 Å². The molecule has 0 aliphatic carbocycles. The van der Waals surface area contributed by atoms with Gasteiger partial charge in [0.15, 0.2) is 0 Å². The number of imidazole rings is 1. The molecule has 0 atom stereocenters. The first-order valence-corrected chi connectivity index (χ1v) is 6.70. The third kappa shape index (κ3) is 2.75. The predicted octanol–water partition coefficient (Wildman–Crippen LogP) is 1.36. The van der Waals surface area contributed by atoms with Gasteiger partial charge in [0.2, 0.25) is 0 Å². The van der Waals surface area contributed by atoms with Crippen molar-refractivity contribution in [2.75, 3.05) is 7.11 Å². The second kappa shape index (κ2) is 5.92. The van der Waals surface area contributed by atoms with Crippen LogP contribution in [0.4, 0.5) is 0 Å². The van der Waals surface area contributed by atoms with Crippen molar-refractivity contribution in [3.63, 3.8) is 0 Å². The van der Waals surface area contributed by atoms with E-state index in [1.54, 1.807) is 28.6 Å². The fraction of sp³-hybridized carbons (Fsp3) is 0.286. The first-order valence-electron chi connectivity index (χ1n) is 6.29. The molecule has 2 N–H and O–H groups in total. The van der Waals surface area contributed by atoms with Crippen LogP contribution in [0.5, 0.6) is 5.75 Å². The molecule has 0 aliphatic rings. The average Bonchev–Trinajstić information content (AvgIpc) is 2.79. The van der Waals surface area contributed by atoms with E-state index in [2.05, 4.69) is 0 Å². The maximum absolute atomic E-state index is 12.0. The van der Waals surface area contributed by atoms with Crippen LogP contribution >= 0.6 is 12.2 Å². The molecule has 0 saturated heterocycles. The highest BCUT2D eigenvalue weighted by molar-refractivity contribution is 7.80. The highest BCUT2D eigenvalue weighted by atomic mass is 32.1. The van der Waals surface area contributed by atoms with Crippen LogP contribution in [0, 0.1) is 0 Å². The molecular formula is C14H17N3O2S. The zero-order valence-corrected chi connectivity index (χ0v) is 12.3. The van der Waals surface area contributed by atoms with Crippen molar-refractivity contribution < 1.29 is 4.74 Å². The Hall–Kier alpha value is -2.08. The fourth-order valence-corrected chi connectivity index (χ4v) is 2.22. The van der Waals surface area contributed by atoms with Gasteiger partial charge >= 0.3 is 5.69 Å². The minimum atomic E-state index is -0.0276. The van der Waals surface area contributed by atoms with Crippen LogP contribution in [-0.2, 0) is 13.1 Å². The van der Waals surface area contributed by atoms with Gasteiger partial charge in [-0.1, -0.05) is 18.3 Å². The predicted molar refractivity (Wildman–Crippen MR) is 82.3 cm³/mol. The molecular weight excluding hydrogens is 274 g/mol. The van der Waals surface area contributed by atoms with Gasteiger partial charge in [-0.25, -0.2) is 4.79 Å². The third-order valence-electron chi connectivity index (χ3n) is 3.14. The molecule has 1 heterocycles. The second-order valence-corrected chi connectivity index (χ2v) is 4.83. The zero-order valence-electron chi connectivity index (χ0n) is 11.5. The van der Waals surface area contributed by atoms with E-state index in [0.717, 1.165) is 5.56 Å². The summed E-state index contributed by atoms with van der Waals surface area (Å²) in [5, 5.41) is 0. The van der Waals surface area contributed by atoms with Crippen LogP contribution < -0.4 is 16.2 Å². The van der Waals surface area contributed by atoms with Gasteiger partial charge in [-0.3, -0.25) is 9.13 Å². The molecule has 1 aromatic heterocycles. The molecule has 106 valence electrons. The molecule has 2 aromatic rings.